The summed E-state index contributed by atoms with van der Waals surface area (Å²) in [6.07, 6.45) is 3.81. The van der Waals surface area contributed by atoms with Crippen LogP contribution in [-0.2, 0) is 5.41 Å². The first-order valence-electron chi connectivity index (χ1n) is 4.39. The molecule has 0 aromatic heterocycles. The summed E-state index contributed by atoms with van der Waals surface area (Å²) in [6.45, 7) is 9.53. The highest BCUT2D eigenvalue weighted by Crippen LogP contribution is 2.28. The Morgan fingerprint density at radius 3 is 2.71 bits per heavy atom. The van der Waals surface area contributed by atoms with Crippen molar-refractivity contribution in [1.82, 2.24) is 0 Å². The summed E-state index contributed by atoms with van der Waals surface area (Å²) in [7, 11) is 0. The van der Waals surface area contributed by atoms with Crippen molar-refractivity contribution >= 4 is 15.9 Å². The standard InChI is InChI=1S/C13H13Br/c1-4-9-13(3,5-2)11-7-6-8-12(14)10-11/h5-10H,1-2H2,3H3/t13-/m1/s1. The molecule has 0 aliphatic heterocycles. The normalized spacial score (nSPS) is 13.9. The van der Waals surface area contributed by atoms with Gasteiger partial charge in [0.15, 0.2) is 0 Å². The van der Waals surface area contributed by atoms with E-state index in [0.717, 1.165) is 4.47 Å². The predicted octanol–water partition coefficient (Wildman–Crippen LogP) is 4.23. The number of allylic oxidation sites excluding steroid dienone is 2. The van der Waals surface area contributed by atoms with Crippen molar-refractivity contribution in [3.8, 4) is 0 Å². The molecule has 0 saturated heterocycles. The molecule has 0 unspecified atom stereocenters. The Labute approximate surface area is 93.8 Å². The van der Waals surface area contributed by atoms with Crippen LogP contribution in [0.1, 0.15) is 12.5 Å². The molecule has 0 bridgehead atoms. The zero-order chi connectivity index (χ0) is 10.6. The van der Waals surface area contributed by atoms with E-state index in [2.05, 4.69) is 53.9 Å². The molecule has 1 heteroatoms. The van der Waals surface area contributed by atoms with Crippen molar-refractivity contribution in [2.45, 2.75) is 12.3 Å². The molecule has 1 aromatic rings. The molecule has 1 rings (SSSR count). The highest BCUT2D eigenvalue weighted by molar-refractivity contribution is 9.10. The van der Waals surface area contributed by atoms with E-state index in [0.29, 0.717) is 0 Å². The maximum atomic E-state index is 3.84. The Bertz CT molecular complexity index is 386. The Morgan fingerprint density at radius 1 is 1.50 bits per heavy atom. The second kappa shape index (κ2) is 4.45. The van der Waals surface area contributed by atoms with Crippen molar-refractivity contribution in [2.24, 2.45) is 0 Å². The van der Waals surface area contributed by atoms with Crippen LogP contribution in [-0.4, -0.2) is 0 Å². The van der Waals surface area contributed by atoms with Crippen LogP contribution in [0.2, 0.25) is 0 Å². The third-order valence-electron chi connectivity index (χ3n) is 2.27. The molecule has 0 amide bonds. The summed E-state index contributed by atoms with van der Waals surface area (Å²) >= 11 is 3.45. The van der Waals surface area contributed by atoms with Gasteiger partial charge in [-0.25, -0.2) is 0 Å². The van der Waals surface area contributed by atoms with E-state index >= 15 is 0 Å². The van der Waals surface area contributed by atoms with E-state index in [9.17, 15) is 0 Å². The van der Waals surface area contributed by atoms with Crippen molar-refractivity contribution in [1.29, 1.82) is 0 Å². The van der Waals surface area contributed by atoms with Gasteiger partial charge >= 0.3 is 0 Å². The first kappa shape index (κ1) is 11.0. The second-order valence-electron chi connectivity index (χ2n) is 3.35. The maximum Gasteiger partial charge on any atom is 0.0355 e. The number of halogens is 1. The average Bonchev–Trinajstić information content (AvgIpc) is 2.18. The maximum absolute atomic E-state index is 3.84. The summed E-state index contributed by atoms with van der Waals surface area (Å²) in [5.41, 5.74) is 3.81. The van der Waals surface area contributed by atoms with Gasteiger partial charge in [0.25, 0.3) is 0 Å². The van der Waals surface area contributed by atoms with E-state index in [1.807, 2.05) is 24.3 Å². The van der Waals surface area contributed by atoms with Gasteiger partial charge in [0.2, 0.25) is 0 Å². The monoisotopic (exact) mass is 248 g/mol. The third-order valence-corrected chi connectivity index (χ3v) is 2.77. The van der Waals surface area contributed by atoms with Gasteiger partial charge in [-0.2, -0.15) is 0 Å². The first-order chi connectivity index (χ1) is 6.62. The lowest BCUT2D eigenvalue weighted by Crippen LogP contribution is -2.14. The van der Waals surface area contributed by atoms with E-state index < -0.39 is 0 Å². The van der Waals surface area contributed by atoms with Gasteiger partial charge < -0.3 is 0 Å². The fraction of sp³-hybridized carbons (Fsp3) is 0.154. The van der Waals surface area contributed by atoms with Gasteiger partial charge in [0.1, 0.15) is 0 Å². The average molecular weight is 249 g/mol. The molecule has 0 aliphatic carbocycles. The topological polar surface area (TPSA) is 0 Å². The van der Waals surface area contributed by atoms with Crippen LogP contribution in [0.5, 0.6) is 0 Å². The van der Waals surface area contributed by atoms with Gasteiger partial charge in [-0.1, -0.05) is 40.7 Å². The van der Waals surface area contributed by atoms with Crippen LogP contribution < -0.4 is 0 Å². The number of hydrogen-bond acceptors (Lipinski definition) is 0. The van der Waals surface area contributed by atoms with Gasteiger partial charge in [-0.05, 0) is 30.7 Å². The van der Waals surface area contributed by atoms with Crippen molar-refractivity contribution < 1.29 is 0 Å². The lowest BCUT2D eigenvalue weighted by atomic mass is 9.83. The minimum Gasteiger partial charge on any atom is -0.132 e. The largest absolute Gasteiger partial charge is 0.132 e. The molecule has 72 valence electrons. The van der Waals surface area contributed by atoms with Crippen LogP contribution >= 0.6 is 15.9 Å². The van der Waals surface area contributed by atoms with Crippen LogP contribution in [0, 0.1) is 0 Å². The summed E-state index contributed by atoms with van der Waals surface area (Å²) in [4.78, 5) is 0. The lowest BCUT2D eigenvalue weighted by Gasteiger charge is -2.21. The van der Waals surface area contributed by atoms with E-state index in [4.69, 9.17) is 0 Å². The molecule has 1 aromatic carbocycles. The molecular weight excluding hydrogens is 236 g/mol. The number of benzene rings is 1. The molecule has 0 aliphatic rings. The van der Waals surface area contributed by atoms with Crippen LogP contribution in [0.3, 0.4) is 0 Å². The number of rotatable bonds is 3. The summed E-state index contributed by atoms with van der Waals surface area (Å²) in [5, 5.41) is 0. The fourth-order valence-electron chi connectivity index (χ4n) is 1.30. The Hall–Kier alpha value is -1.04. The lowest BCUT2D eigenvalue weighted by molar-refractivity contribution is 0.760. The zero-order valence-electron chi connectivity index (χ0n) is 8.26. The molecule has 0 fully saturated rings. The molecule has 0 spiro atoms. The fourth-order valence-corrected chi connectivity index (χ4v) is 1.69. The van der Waals surface area contributed by atoms with Crippen molar-refractivity contribution in [3.05, 3.63) is 65.3 Å². The number of hydrogen-bond donors (Lipinski definition) is 0. The minimum absolute atomic E-state index is 0.189. The predicted molar refractivity (Wildman–Crippen MR) is 65.4 cm³/mol. The molecule has 0 nitrogen and oxygen atoms in total. The van der Waals surface area contributed by atoms with Crippen LogP contribution in [0.15, 0.2) is 59.8 Å². The van der Waals surface area contributed by atoms with Crippen molar-refractivity contribution in [3.63, 3.8) is 0 Å². The quantitative estimate of drug-likeness (QED) is 0.555. The highest BCUT2D eigenvalue weighted by Gasteiger charge is 2.18. The van der Waals surface area contributed by atoms with E-state index in [1.54, 1.807) is 0 Å². The minimum atomic E-state index is -0.189. The van der Waals surface area contributed by atoms with Crippen molar-refractivity contribution in [2.75, 3.05) is 0 Å². The molecule has 0 N–H and O–H groups in total. The van der Waals surface area contributed by atoms with Gasteiger partial charge in [-0.15, -0.1) is 12.3 Å². The molecular formula is C13H13Br. The molecule has 0 heterocycles. The van der Waals surface area contributed by atoms with Gasteiger partial charge in [0, 0.05) is 9.89 Å². The highest BCUT2D eigenvalue weighted by atomic mass is 79.9. The summed E-state index contributed by atoms with van der Waals surface area (Å²) < 4.78 is 1.07. The smallest absolute Gasteiger partial charge is 0.0355 e. The van der Waals surface area contributed by atoms with E-state index in [-0.39, 0.29) is 5.41 Å². The molecule has 0 radical (unpaired) electrons. The second-order valence-corrected chi connectivity index (χ2v) is 4.26. The first-order valence-corrected chi connectivity index (χ1v) is 5.18. The molecule has 0 saturated carbocycles. The van der Waals surface area contributed by atoms with Crippen LogP contribution in [0.25, 0.3) is 0 Å². The van der Waals surface area contributed by atoms with Gasteiger partial charge in [0.05, 0.1) is 0 Å². The zero-order valence-corrected chi connectivity index (χ0v) is 9.84. The molecule has 1 atom stereocenters. The summed E-state index contributed by atoms with van der Waals surface area (Å²) in [5.74, 6) is 0. The Balaban J connectivity index is 3.25. The van der Waals surface area contributed by atoms with Gasteiger partial charge in [-0.3, -0.25) is 0 Å². The third kappa shape index (κ3) is 2.25. The Morgan fingerprint density at radius 2 is 2.21 bits per heavy atom. The SMILES string of the molecule is C=C=C[C@@](C)(C=C)c1cccc(Br)c1. The summed E-state index contributed by atoms with van der Waals surface area (Å²) in [6, 6.07) is 8.17. The van der Waals surface area contributed by atoms with Crippen LogP contribution in [0.4, 0.5) is 0 Å². The molecule has 14 heavy (non-hydrogen) atoms. The Kier molecular flexibility index (Phi) is 3.51. The van der Waals surface area contributed by atoms with E-state index in [1.165, 1.54) is 5.56 Å².